The number of nitrogens with two attached hydrogens (primary N) is 2. The Morgan fingerprint density at radius 2 is 1.00 bits per heavy atom. The molecule has 0 aliphatic carbocycles. The van der Waals surface area contributed by atoms with Gasteiger partial charge >= 0.3 is 29.6 Å². The van der Waals surface area contributed by atoms with Gasteiger partial charge in [-0.25, -0.2) is 0 Å². The van der Waals surface area contributed by atoms with E-state index in [1.54, 1.807) is 0 Å². The van der Waals surface area contributed by atoms with Gasteiger partial charge in [0, 0.05) is 0 Å². The summed E-state index contributed by atoms with van der Waals surface area (Å²) in [5.41, 5.74) is 10.6. The largest absolute Gasteiger partial charge is 1.00 e. The van der Waals surface area contributed by atoms with E-state index in [0.29, 0.717) is 0 Å². The van der Waals surface area contributed by atoms with Crippen LogP contribution in [0.2, 0.25) is 0 Å². The number of unbranched alkanes of at least 4 members (excludes halogenated alkanes) is 3. The molecule has 7 N–H and O–H groups in total. The Labute approximate surface area is 90.6 Å². The molecular weight excluding hydrogens is 155 g/mol. The zero-order valence-electron chi connectivity index (χ0n) is 7.34. The Kier molecular flexibility index (Phi) is 46.2. The van der Waals surface area contributed by atoms with Crippen LogP contribution < -0.4 is 41.0 Å². The molecule has 4 nitrogen and oxygen atoms in total. The summed E-state index contributed by atoms with van der Waals surface area (Å²) in [4.78, 5) is 0. The second-order valence-corrected chi connectivity index (χ2v) is 1.99. The standard InChI is InChI=1S/C6H16N2.Na.2H2O/c7-5-3-1-2-4-6-8;;;/h1-8H2;;2*1H2/q;+1;;/p-1. The fraction of sp³-hybridized carbons (Fsp3) is 1.00. The van der Waals surface area contributed by atoms with Crippen LogP contribution in [0.1, 0.15) is 25.7 Å². The Morgan fingerprint density at radius 1 is 0.727 bits per heavy atom. The maximum Gasteiger partial charge on any atom is 1.00 e. The van der Waals surface area contributed by atoms with Crippen LogP contribution in [-0.4, -0.2) is 24.0 Å². The van der Waals surface area contributed by atoms with Gasteiger partial charge in [0.1, 0.15) is 0 Å². The van der Waals surface area contributed by atoms with E-state index >= 15 is 0 Å². The van der Waals surface area contributed by atoms with Crippen molar-refractivity contribution in [1.29, 1.82) is 0 Å². The molecule has 0 saturated heterocycles. The van der Waals surface area contributed by atoms with E-state index in [4.69, 9.17) is 11.5 Å². The minimum absolute atomic E-state index is 0. The first kappa shape index (κ1) is 22.6. The van der Waals surface area contributed by atoms with E-state index in [1.807, 2.05) is 0 Å². The van der Waals surface area contributed by atoms with Gasteiger partial charge in [-0.2, -0.15) is 0 Å². The van der Waals surface area contributed by atoms with Crippen LogP contribution >= 0.6 is 0 Å². The molecule has 5 heteroatoms. The summed E-state index contributed by atoms with van der Waals surface area (Å²) < 4.78 is 0. The monoisotopic (exact) mass is 174 g/mol. The van der Waals surface area contributed by atoms with Crippen molar-refractivity contribution in [1.82, 2.24) is 0 Å². The van der Waals surface area contributed by atoms with Crippen molar-refractivity contribution in [3.05, 3.63) is 0 Å². The molecule has 11 heavy (non-hydrogen) atoms. The van der Waals surface area contributed by atoms with Gasteiger partial charge in [-0.1, -0.05) is 12.8 Å². The molecule has 0 unspecified atom stereocenters. The van der Waals surface area contributed by atoms with Crippen molar-refractivity contribution in [2.75, 3.05) is 13.1 Å². The van der Waals surface area contributed by atoms with Gasteiger partial charge in [0.25, 0.3) is 0 Å². The number of rotatable bonds is 5. The molecule has 0 bridgehead atoms. The SMILES string of the molecule is NCCCCCCN.O.[Na+].[OH-]. The molecule has 0 aromatic heterocycles. The van der Waals surface area contributed by atoms with Crippen LogP contribution in [0.3, 0.4) is 0 Å². The van der Waals surface area contributed by atoms with E-state index in [9.17, 15) is 0 Å². The second-order valence-electron chi connectivity index (χ2n) is 1.99. The van der Waals surface area contributed by atoms with E-state index < -0.39 is 0 Å². The van der Waals surface area contributed by atoms with Gasteiger partial charge in [0.15, 0.2) is 0 Å². The molecule has 0 aromatic rings. The second kappa shape index (κ2) is 22.4. The van der Waals surface area contributed by atoms with Gasteiger partial charge in [-0.15, -0.1) is 0 Å². The molecule has 66 valence electrons. The van der Waals surface area contributed by atoms with Crippen LogP contribution in [0, 0.1) is 0 Å². The van der Waals surface area contributed by atoms with E-state index in [1.165, 1.54) is 12.8 Å². The first-order chi connectivity index (χ1) is 3.91. The van der Waals surface area contributed by atoms with E-state index in [2.05, 4.69) is 0 Å². The molecule has 0 fully saturated rings. The van der Waals surface area contributed by atoms with Gasteiger partial charge in [0.2, 0.25) is 0 Å². The van der Waals surface area contributed by atoms with Gasteiger partial charge in [-0.3, -0.25) is 0 Å². The smallest absolute Gasteiger partial charge is 0.870 e. The minimum atomic E-state index is 0. The molecule has 0 radical (unpaired) electrons. The average molecular weight is 174 g/mol. The van der Waals surface area contributed by atoms with Crippen LogP contribution in [0.5, 0.6) is 0 Å². The van der Waals surface area contributed by atoms with Crippen molar-refractivity contribution in [2.45, 2.75) is 25.7 Å². The summed E-state index contributed by atoms with van der Waals surface area (Å²) in [5, 5.41) is 0. The third kappa shape index (κ3) is 24.8. The predicted molar refractivity (Wildman–Crippen MR) is 42.1 cm³/mol. The van der Waals surface area contributed by atoms with E-state index in [-0.39, 0.29) is 40.5 Å². The molecular formula is C6H19N2NaO2. The molecule has 0 aromatic carbocycles. The first-order valence-electron chi connectivity index (χ1n) is 3.32. The molecule has 0 aliphatic heterocycles. The molecule has 0 amide bonds. The summed E-state index contributed by atoms with van der Waals surface area (Å²) in [6.45, 7) is 1.65. The van der Waals surface area contributed by atoms with E-state index in [0.717, 1.165) is 25.9 Å². The molecule has 0 saturated carbocycles. The first-order valence-corrected chi connectivity index (χ1v) is 3.32. The Balaban J connectivity index is -0.0000000817. The van der Waals surface area contributed by atoms with Crippen LogP contribution in [-0.2, 0) is 0 Å². The topological polar surface area (TPSA) is 114 Å². The van der Waals surface area contributed by atoms with Crippen molar-refractivity contribution in [2.24, 2.45) is 11.5 Å². The zero-order chi connectivity index (χ0) is 6.24. The number of hydrogen-bond donors (Lipinski definition) is 2. The molecule has 0 atom stereocenters. The maximum absolute atomic E-state index is 5.28. The third-order valence-electron chi connectivity index (χ3n) is 1.16. The average Bonchev–Trinajstić information content (AvgIpc) is 1.81. The molecule has 0 aliphatic rings. The Hall–Kier alpha value is 0.840. The third-order valence-corrected chi connectivity index (χ3v) is 1.16. The predicted octanol–water partition coefficient (Wildman–Crippen LogP) is -3.53. The van der Waals surface area contributed by atoms with Crippen molar-refractivity contribution in [3.63, 3.8) is 0 Å². The molecule has 0 spiro atoms. The quantitative estimate of drug-likeness (QED) is 0.332. The summed E-state index contributed by atoms with van der Waals surface area (Å²) in [7, 11) is 0. The minimum Gasteiger partial charge on any atom is -0.870 e. The Bertz CT molecular complexity index is 43.6. The van der Waals surface area contributed by atoms with Gasteiger partial charge in [0.05, 0.1) is 0 Å². The fourth-order valence-corrected chi connectivity index (χ4v) is 0.642. The normalized spacial score (nSPS) is 7.09. The van der Waals surface area contributed by atoms with Crippen LogP contribution in [0.4, 0.5) is 0 Å². The van der Waals surface area contributed by atoms with Crippen molar-refractivity contribution >= 4 is 0 Å². The zero-order valence-corrected chi connectivity index (χ0v) is 9.34. The van der Waals surface area contributed by atoms with Crippen LogP contribution in [0.15, 0.2) is 0 Å². The fourth-order valence-electron chi connectivity index (χ4n) is 0.642. The summed E-state index contributed by atoms with van der Waals surface area (Å²) in [6, 6.07) is 0. The maximum atomic E-state index is 5.28. The number of hydrogen-bond acceptors (Lipinski definition) is 3. The Morgan fingerprint density at radius 3 is 1.18 bits per heavy atom. The summed E-state index contributed by atoms with van der Waals surface area (Å²) in [5.74, 6) is 0. The van der Waals surface area contributed by atoms with Gasteiger partial charge < -0.3 is 22.4 Å². The summed E-state index contributed by atoms with van der Waals surface area (Å²) >= 11 is 0. The summed E-state index contributed by atoms with van der Waals surface area (Å²) in [6.07, 6.45) is 4.79. The van der Waals surface area contributed by atoms with Crippen LogP contribution in [0.25, 0.3) is 0 Å². The van der Waals surface area contributed by atoms with Crippen molar-refractivity contribution in [3.8, 4) is 0 Å². The van der Waals surface area contributed by atoms with Crippen molar-refractivity contribution < 1.29 is 40.5 Å². The molecule has 0 rings (SSSR count). The van der Waals surface area contributed by atoms with Gasteiger partial charge in [-0.05, 0) is 25.9 Å². The molecule has 0 heterocycles.